The second-order valence-corrected chi connectivity index (χ2v) is 5.67. The van der Waals surface area contributed by atoms with Crippen LogP contribution >= 0.6 is 0 Å². The van der Waals surface area contributed by atoms with E-state index >= 15 is 0 Å². The highest BCUT2D eigenvalue weighted by Gasteiger charge is 2.29. The summed E-state index contributed by atoms with van der Waals surface area (Å²) in [6.45, 7) is 5.85. The average molecular weight is 208 g/mol. The Morgan fingerprint density at radius 1 is 1.13 bits per heavy atom. The molecule has 0 amide bonds. The minimum atomic E-state index is 0.345. The van der Waals surface area contributed by atoms with Crippen LogP contribution in [0.4, 0.5) is 0 Å². The molecular formula is C13H24N2. The van der Waals surface area contributed by atoms with Crippen LogP contribution in [0.15, 0.2) is 4.99 Å². The Hall–Kier alpha value is -0.530. The topological polar surface area (TPSA) is 15.6 Å². The summed E-state index contributed by atoms with van der Waals surface area (Å²) in [7, 11) is 0. The lowest BCUT2D eigenvalue weighted by atomic mass is 9.96. The van der Waals surface area contributed by atoms with E-state index < -0.39 is 0 Å². The maximum absolute atomic E-state index is 4.76. The molecule has 2 fully saturated rings. The van der Waals surface area contributed by atoms with Gasteiger partial charge in [-0.2, -0.15) is 0 Å². The molecule has 0 N–H and O–H groups in total. The second kappa shape index (κ2) is 4.54. The molecule has 0 aromatic carbocycles. The van der Waals surface area contributed by atoms with Gasteiger partial charge in [0.2, 0.25) is 0 Å². The highest BCUT2D eigenvalue weighted by Crippen LogP contribution is 2.27. The van der Waals surface area contributed by atoms with E-state index in [9.17, 15) is 0 Å². The Morgan fingerprint density at radius 3 is 2.47 bits per heavy atom. The maximum Gasteiger partial charge on any atom is 0.0857 e. The van der Waals surface area contributed by atoms with Crippen molar-refractivity contribution >= 4 is 6.34 Å². The van der Waals surface area contributed by atoms with Crippen LogP contribution in [0.2, 0.25) is 0 Å². The van der Waals surface area contributed by atoms with Crippen molar-refractivity contribution in [2.45, 2.75) is 70.4 Å². The number of rotatable bonds is 2. The predicted octanol–water partition coefficient (Wildman–Crippen LogP) is 3.22. The Morgan fingerprint density at radius 2 is 1.87 bits per heavy atom. The molecule has 2 nitrogen and oxygen atoms in total. The zero-order chi connectivity index (χ0) is 10.7. The Balaban J connectivity index is 1.87. The SMILES string of the molecule is CC1(C)CCCN1C=NC1CCCCC1. The molecule has 2 rings (SSSR count). The van der Waals surface area contributed by atoms with Crippen molar-refractivity contribution in [1.29, 1.82) is 0 Å². The van der Waals surface area contributed by atoms with Crippen molar-refractivity contribution in [3.63, 3.8) is 0 Å². The Bertz CT molecular complexity index is 227. The first kappa shape index (κ1) is 11.0. The van der Waals surface area contributed by atoms with Gasteiger partial charge in [-0.1, -0.05) is 19.3 Å². The summed E-state index contributed by atoms with van der Waals surface area (Å²) in [6.07, 6.45) is 11.6. The van der Waals surface area contributed by atoms with Crippen molar-refractivity contribution in [3.8, 4) is 0 Å². The molecule has 1 aliphatic heterocycles. The molecule has 0 aromatic heterocycles. The molecule has 2 aliphatic rings. The third kappa shape index (κ3) is 2.73. The Labute approximate surface area is 93.8 Å². The molecular weight excluding hydrogens is 184 g/mol. The quantitative estimate of drug-likeness (QED) is 0.502. The normalized spacial score (nSPS) is 27.7. The van der Waals surface area contributed by atoms with E-state index in [2.05, 4.69) is 25.1 Å². The average Bonchev–Trinajstić information content (AvgIpc) is 2.56. The van der Waals surface area contributed by atoms with Gasteiger partial charge in [-0.15, -0.1) is 0 Å². The largest absolute Gasteiger partial charge is 0.358 e. The first-order valence-corrected chi connectivity index (χ1v) is 6.48. The van der Waals surface area contributed by atoms with Gasteiger partial charge in [0.25, 0.3) is 0 Å². The zero-order valence-electron chi connectivity index (χ0n) is 10.2. The van der Waals surface area contributed by atoms with Gasteiger partial charge >= 0.3 is 0 Å². The number of likely N-dealkylation sites (tertiary alicyclic amines) is 1. The highest BCUT2D eigenvalue weighted by atomic mass is 15.2. The van der Waals surface area contributed by atoms with E-state index in [-0.39, 0.29) is 0 Å². The summed E-state index contributed by atoms with van der Waals surface area (Å²) in [5, 5.41) is 0. The summed E-state index contributed by atoms with van der Waals surface area (Å²) in [5.74, 6) is 0. The lowest BCUT2D eigenvalue weighted by Crippen LogP contribution is -2.37. The third-order valence-corrected chi connectivity index (χ3v) is 3.96. The summed E-state index contributed by atoms with van der Waals surface area (Å²) in [6, 6.07) is 0.621. The van der Waals surface area contributed by atoms with Crippen LogP contribution in [0.3, 0.4) is 0 Å². The van der Waals surface area contributed by atoms with Crippen molar-refractivity contribution in [2.75, 3.05) is 6.54 Å². The summed E-state index contributed by atoms with van der Waals surface area (Å²) >= 11 is 0. The van der Waals surface area contributed by atoms with Crippen LogP contribution in [0, 0.1) is 0 Å². The van der Waals surface area contributed by atoms with Crippen molar-refractivity contribution in [2.24, 2.45) is 4.99 Å². The molecule has 0 bridgehead atoms. The molecule has 15 heavy (non-hydrogen) atoms. The molecule has 86 valence electrons. The van der Waals surface area contributed by atoms with Crippen molar-refractivity contribution in [3.05, 3.63) is 0 Å². The first-order valence-electron chi connectivity index (χ1n) is 6.48. The molecule has 0 atom stereocenters. The van der Waals surface area contributed by atoms with Gasteiger partial charge in [0.15, 0.2) is 0 Å². The first-order chi connectivity index (χ1) is 7.18. The number of hydrogen-bond acceptors (Lipinski definition) is 1. The molecule has 0 radical (unpaired) electrons. The van der Waals surface area contributed by atoms with Crippen LogP contribution in [0.5, 0.6) is 0 Å². The van der Waals surface area contributed by atoms with Crippen molar-refractivity contribution < 1.29 is 0 Å². The molecule has 1 aliphatic carbocycles. The smallest absolute Gasteiger partial charge is 0.0857 e. The molecule has 0 spiro atoms. The molecule has 0 aromatic rings. The number of nitrogens with zero attached hydrogens (tertiary/aromatic N) is 2. The van der Waals surface area contributed by atoms with Crippen LogP contribution in [0.25, 0.3) is 0 Å². The lowest BCUT2D eigenvalue weighted by molar-refractivity contribution is 0.287. The summed E-state index contributed by atoms with van der Waals surface area (Å²) < 4.78 is 0. The highest BCUT2D eigenvalue weighted by molar-refractivity contribution is 5.57. The van der Waals surface area contributed by atoms with Crippen molar-refractivity contribution in [1.82, 2.24) is 4.90 Å². The van der Waals surface area contributed by atoms with Crippen LogP contribution < -0.4 is 0 Å². The van der Waals surface area contributed by atoms with Gasteiger partial charge in [0, 0.05) is 12.1 Å². The van der Waals surface area contributed by atoms with E-state index in [0.717, 1.165) is 0 Å². The number of hydrogen-bond donors (Lipinski definition) is 0. The van der Waals surface area contributed by atoms with E-state index in [1.807, 2.05) is 0 Å². The molecule has 0 unspecified atom stereocenters. The molecule has 1 saturated heterocycles. The van der Waals surface area contributed by atoms with Gasteiger partial charge in [-0.25, -0.2) is 0 Å². The van der Waals surface area contributed by atoms with Gasteiger partial charge in [-0.05, 0) is 39.5 Å². The third-order valence-electron chi connectivity index (χ3n) is 3.96. The standard InChI is InChI=1S/C13H24N2/c1-13(2)9-6-10-15(13)11-14-12-7-4-3-5-8-12/h11-12H,3-10H2,1-2H3. The summed E-state index contributed by atoms with van der Waals surface area (Å²) in [5.41, 5.74) is 0.345. The van der Waals surface area contributed by atoms with E-state index in [4.69, 9.17) is 4.99 Å². The minimum absolute atomic E-state index is 0.345. The minimum Gasteiger partial charge on any atom is -0.358 e. The van der Waals surface area contributed by atoms with E-state index in [0.29, 0.717) is 11.6 Å². The fraction of sp³-hybridized carbons (Fsp3) is 0.923. The molecule has 2 heteroatoms. The van der Waals surface area contributed by atoms with E-state index in [1.165, 1.54) is 51.5 Å². The van der Waals surface area contributed by atoms with Gasteiger partial charge in [0.1, 0.15) is 0 Å². The number of aliphatic imine (C=N–C) groups is 1. The second-order valence-electron chi connectivity index (χ2n) is 5.67. The van der Waals surface area contributed by atoms with Crippen LogP contribution in [0.1, 0.15) is 58.8 Å². The monoisotopic (exact) mass is 208 g/mol. The summed E-state index contributed by atoms with van der Waals surface area (Å²) in [4.78, 5) is 7.19. The Kier molecular flexibility index (Phi) is 3.32. The fourth-order valence-electron chi connectivity index (χ4n) is 2.75. The predicted molar refractivity (Wildman–Crippen MR) is 65.4 cm³/mol. The van der Waals surface area contributed by atoms with Gasteiger partial charge in [0.05, 0.1) is 12.4 Å². The van der Waals surface area contributed by atoms with Gasteiger partial charge in [-0.3, -0.25) is 4.99 Å². The molecule has 1 saturated carbocycles. The van der Waals surface area contributed by atoms with E-state index in [1.54, 1.807) is 0 Å². The fourth-order valence-corrected chi connectivity index (χ4v) is 2.75. The maximum atomic E-state index is 4.76. The van der Waals surface area contributed by atoms with Crippen LogP contribution in [-0.4, -0.2) is 29.4 Å². The lowest BCUT2D eigenvalue weighted by Gasteiger charge is -2.30. The molecule has 1 heterocycles. The van der Waals surface area contributed by atoms with Gasteiger partial charge < -0.3 is 4.90 Å². The van der Waals surface area contributed by atoms with Crippen LogP contribution in [-0.2, 0) is 0 Å². The zero-order valence-corrected chi connectivity index (χ0v) is 10.2.